The van der Waals surface area contributed by atoms with Crippen LogP contribution in [0.1, 0.15) is 12.8 Å². The third-order valence-electron chi connectivity index (χ3n) is 2.65. The topological polar surface area (TPSA) is 55.4 Å². The van der Waals surface area contributed by atoms with Crippen molar-refractivity contribution in [2.45, 2.75) is 23.8 Å². The van der Waals surface area contributed by atoms with Crippen LogP contribution in [0.2, 0.25) is 5.02 Å². The number of sulfonamides is 1. The monoisotopic (exact) mass is 275 g/mol. The third kappa shape index (κ3) is 3.42. The van der Waals surface area contributed by atoms with E-state index in [0.717, 1.165) is 12.8 Å². The molecule has 0 bridgehead atoms. The van der Waals surface area contributed by atoms with E-state index in [4.69, 9.17) is 16.3 Å². The Kier molecular flexibility index (Phi) is 4.04. The lowest BCUT2D eigenvalue weighted by molar-refractivity contribution is 0.114. The van der Waals surface area contributed by atoms with Gasteiger partial charge in [0.15, 0.2) is 0 Å². The summed E-state index contributed by atoms with van der Waals surface area (Å²) in [6, 6.07) is 6.09. The minimum Gasteiger partial charge on any atom is -0.377 e. The van der Waals surface area contributed by atoms with Crippen molar-refractivity contribution in [1.82, 2.24) is 4.72 Å². The van der Waals surface area contributed by atoms with E-state index < -0.39 is 10.0 Å². The quantitative estimate of drug-likeness (QED) is 0.912. The molecule has 1 saturated heterocycles. The molecule has 0 aromatic heterocycles. The van der Waals surface area contributed by atoms with Crippen molar-refractivity contribution in [3.8, 4) is 0 Å². The molecule has 0 unspecified atom stereocenters. The van der Waals surface area contributed by atoms with Crippen LogP contribution in [0, 0.1) is 0 Å². The standard InChI is InChI=1S/C11H14ClNO3S/c12-9-3-5-11(6-4-9)17(14,15)13-8-10-2-1-7-16-10/h3-6,10,13H,1-2,7-8H2/t10-/m0/s1. The van der Waals surface area contributed by atoms with Gasteiger partial charge in [0.05, 0.1) is 11.0 Å². The Balaban J connectivity index is 2.00. The summed E-state index contributed by atoms with van der Waals surface area (Å²) in [5.74, 6) is 0. The van der Waals surface area contributed by atoms with Crippen LogP contribution in [0.4, 0.5) is 0 Å². The molecule has 0 amide bonds. The molecule has 0 saturated carbocycles. The van der Waals surface area contributed by atoms with Crippen LogP contribution in [-0.2, 0) is 14.8 Å². The largest absolute Gasteiger partial charge is 0.377 e. The molecule has 1 N–H and O–H groups in total. The van der Waals surface area contributed by atoms with Crippen molar-refractivity contribution in [3.63, 3.8) is 0 Å². The van der Waals surface area contributed by atoms with Crippen LogP contribution in [0.3, 0.4) is 0 Å². The van der Waals surface area contributed by atoms with Crippen molar-refractivity contribution >= 4 is 21.6 Å². The van der Waals surface area contributed by atoms with Crippen LogP contribution < -0.4 is 4.72 Å². The Labute approximate surface area is 106 Å². The summed E-state index contributed by atoms with van der Waals surface area (Å²) in [4.78, 5) is 0.222. The van der Waals surface area contributed by atoms with Gasteiger partial charge in [-0.2, -0.15) is 0 Å². The first-order chi connectivity index (χ1) is 8.08. The average Bonchev–Trinajstić information content (AvgIpc) is 2.80. The number of halogens is 1. The van der Waals surface area contributed by atoms with Crippen molar-refractivity contribution in [3.05, 3.63) is 29.3 Å². The van der Waals surface area contributed by atoms with E-state index in [-0.39, 0.29) is 11.0 Å². The predicted octanol–water partition coefficient (Wildman–Crippen LogP) is 1.80. The summed E-state index contributed by atoms with van der Waals surface area (Å²) >= 11 is 5.71. The maximum Gasteiger partial charge on any atom is 0.240 e. The minimum atomic E-state index is -3.45. The van der Waals surface area contributed by atoms with Gasteiger partial charge in [0.2, 0.25) is 10.0 Å². The summed E-state index contributed by atoms with van der Waals surface area (Å²) in [5, 5.41) is 0.517. The smallest absolute Gasteiger partial charge is 0.240 e. The molecule has 1 aromatic carbocycles. The van der Waals surface area contributed by atoms with Gasteiger partial charge in [-0.1, -0.05) is 11.6 Å². The summed E-state index contributed by atoms with van der Waals surface area (Å²) in [5.41, 5.74) is 0. The number of hydrogen-bond acceptors (Lipinski definition) is 3. The van der Waals surface area contributed by atoms with Gasteiger partial charge in [-0.3, -0.25) is 0 Å². The Hall–Kier alpha value is -0.620. The summed E-state index contributed by atoms with van der Waals surface area (Å²) in [6.45, 7) is 1.04. The highest BCUT2D eigenvalue weighted by Crippen LogP contribution is 2.15. The molecule has 94 valence electrons. The molecular weight excluding hydrogens is 262 g/mol. The van der Waals surface area contributed by atoms with E-state index in [2.05, 4.69) is 4.72 Å². The van der Waals surface area contributed by atoms with Crippen LogP contribution in [0.5, 0.6) is 0 Å². The Morgan fingerprint density at radius 3 is 2.65 bits per heavy atom. The molecule has 0 radical (unpaired) electrons. The summed E-state index contributed by atoms with van der Waals surface area (Å²) in [7, 11) is -3.45. The lowest BCUT2D eigenvalue weighted by atomic mass is 10.2. The molecule has 1 aromatic rings. The minimum absolute atomic E-state index is 0.00271. The second-order valence-corrected chi connectivity index (χ2v) is 6.14. The van der Waals surface area contributed by atoms with Gasteiger partial charge in [0, 0.05) is 18.2 Å². The molecule has 2 rings (SSSR count). The molecule has 1 fully saturated rings. The molecule has 1 atom stereocenters. The first-order valence-electron chi connectivity index (χ1n) is 5.45. The van der Waals surface area contributed by atoms with Crippen molar-refractivity contribution < 1.29 is 13.2 Å². The zero-order chi connectivity index (χ0) is 12.3. The third-order valence-corrected chi connectivity index (χ3v) is 4.34. The normalized spacial score (nSPS) is 20.6. The molecule has 17 heavy (non-hydrogen) atoms. The zero-order valence-electron chi connectivity index (χ0n) is 9.23. The molecule has 0 aliphatic carbocycles. The van der Waals surface area contributed by atoms with Crippen LogP contribution in [-0.4, -0.2) is 27.7 Å². The number of nitrogens with one attached hydrogen (secondary N) is 1. The van der Waals surface area contributed by atoms with E-state index in [9.17, 15) is 8.42 Å². The van der Waals surface area contributed by atoms with Crippen LogP contribution in [0.15, 0.2) is 29.2 Å². The van der Waals surface area contributed by atoms with E-state index in [1.807, 2.05) is 0 Å². The van der Waals surface area contributed by atoms with Gasteiger partial charge in [0.1, 0.15) is 0 Å². The molecule has 4 nitrogen and oxygen atoms in total. The van der Waals surface area contributed by atoms with Gasteiger partial charge in [-0.05, 0) is 37.1 Å². The van der Waals surface area contributed by atoms with Crippen LogP contribution in [0.25, 0.3) is 0 Å². The Morgan fingerprint density at radius 1 is 1.35 bits per heavy atom. The van der Waals surface area contributed by atoms with Gasteiger partial charge >= 0.3 is 0 Å². The molecule has 1 aliphatic rings. The fourth-order valence-electron chi connectivity index (χ4n) is 1.71. The highest BCUT2D eigenvalue weighted by atomic mass is 35.5. The highest BCUT2D eigenvalue weighted by molar-refractivity contribution is 7.89. The maximum absolute atomic E-state index is 11.9. The maximum atomic E-state index is 11.9. The van der Waals surface area contributed by atoms with E-state index in [1.165, 1.54) is 12.1 Å². The predicted molar refractivity (Wildman–Crippen MR) is 65.6 cm³/mol. The number of benzene rings is 1. The molecule has 1 aliphatic heterocycles. The highest BCUT2D eigenvalue weighted by Gasteiger charge is 2.19. The Morgan fingerprint density at radius 2 is 2.06 bits per heavy atom. The van der Waals surface area contributed by atoms with E-state index in [1.54, 1.807) is 12.1 Å². The SMILES string of the molecule is O=S(=O)(NC[C@@H]1CCCO1)c1ccc(Cl)cc1. The van der Waals surface area contributed by atoms with Gasteiger partial charge in [-0.25, -0.2) is 13.1 Å². The number of rotatable bonds is 4. The first-order valence-corrected chi connectivity index (χ1v) is 7.31. The molecule has 6 heteroatoms. The zero-order valence-corrected chi connectivity index (χ0v) is 10.8. The van der Waals surface area contributed by atoms with Gasteiger partial charge in [0.25, 0.3) is 0 Å². The van der Waals surface area contributed by atoms with Gasteiger partial charge < -0.3 is 4.74 Å². The second kappa shape index (κ2) is 5.35. The van der Waals surface area contributed by atoms with Crippen LogP contribution >= 0.6 is 11.6 Å². The van der Waals surface area contributed by atoms with Gasteiger partial charge in [-0.15, -0.1) is 0 Å². The summed E-state index contributed by atoms with van der Waals surface area (Å²) in [6.07, 6.45) is 1.90. The fourth-order valence-corrected chi connectivity index (χ4v) is 2.90. The lowest BCUT2D eigenvalue weighted by Gasteiger charge is -2.11. The first kappa shape index (κ1) is 12.8. The number of hydrogen-bond donors (Lipinski definition) is 1. The fraction of sp³-hybridized carbons (Fsp3) is 0.455. The van der Waals surface area contributed by atoms with Crippen molar-refractivity contribution in [2.75, 3.05) is 13.2 Å². The molecular formula is C11H14ClNO3S. The van der Waals surface area contributed by atoms with E-state index >= 15 is 0 Å². The summed E-state index contributed by atoms with van der Waals surface area (Å²) < 4.78 is 31.7. The molecule has 0 spiro atoms. The van der Waals surface area contributed by atoms with Crippen molar-refractivity contribution in [1.29, 1.82) is 0 Å². The van der Waals surface area contributed by atoms with Crippen molar-refractivity contribution in [2.24, 2.45) is 0 Å². The molecule has 1 heterocycles. The Bertz CT molecular complexity index is 466. The average molecular weight is 276 g/mol. The lowest BCUT2D eigenvalue weighted by Crippen LogP contribution is -2.31. The number of ether oxygens (including phenoxy) is 1. The second-order valence-electron chi connectivity index (χ2n) is 3.94. The van der Waals surface area contributed by atoms with E-state index in [0.29, 0.717) is 18.2 Å².